The highest BCUT2D eigenvalue weighted by molar-refractivity contribution is 7.90. The number of hydrogen-bond donors (Lipinski definition) is 1. The van der Waals surface area contributed by atoms with Crippen LogP contribution in [0.25, 0.3) is 0 Å². The summed E-state index contributed by atoms with van der Waals surface area (Å²) in [7, 11) is -3.66. The monoisotopic (exact) mass is 435 g/mol. The fraction of sp³-hybridized carbons (Fsp3) is 0.190. The van der Waals surface area contributed by atoms with Gasteiger partial charge in [0.25, 0.3) is 5.91 Å². The van der Waals surface area contributed by atoms with Crippen LogP contribution in [-0.2, 0) is 15.6 Å². The molecule has 1 aromatic heterocycles. The Kier molecular flexibility index (Phi) is 6.51. The van der Waals surface area contributed by atoms with Gasteiger partial charge in [-0.15, -0.1) is 0 Å². The summed E-state index contributed by atoms with van der Waals surface area (Å²) in [5.41, 5.74) is 0.217. The third-order valence-electron chi connectivity index (χ3n) is 4.16. The predicted octanol–water partition coefficient (Wildman–Crippen LogP) is 3.73. The molecule has 0 aliphatic carbocycles. The van der Waals surface area contributed by atoms with Crippen molar-refractivity contribution in [2.45, 2.75) is 23.6 Å². The number of hydrogen-bond acceptors (Lipinski definition) is 5. The Hall–Kier alpha value is -3.20. The second kappa shape index (κ2) is 9.08. The second-order valence-electron chi connectivity index (χ2n) is 6.61. The smallest absolute Gasteiger partial charge is 0.287 e. The summed E-state index contributed by atoms with van der Waals surface area (Å²) in [5.74, 6) is -2.89. The normalized spacial score (nSPS) is 12.4. The maximum atomic E-state index is 13.6. The summed E-state index contributed by atoms with van der Waals surface area (Å²) in [6, 6.07) is 11.6. The highest BCUT2D eigenvalue weighted by Gasteiger charge is 2.23. The van der Waals surface area contributed by atoms with Crippen molar-refractivity contribution in [3.05, 3.63) is 83.8 Å². The van der Waals surface area contributed by atoms with Crippen molar-refractivity contribution in [3.63, 3.8) is 0 Å². The molecule has 2 aromatic carbocycles. The van der Waals surface area contributed by atoms with E-state index in [1.54, 1.807) is 25.1 Å². The van der Waals surface area contributed by atoms with Gasteiger partial charge in [-0.05, 0) is 37.3 Å². The van der Waals surface area contributed by atoms with Gasteiger partial charge < -0.3 is 14.5 Å². The molecule has 0 radical (unpaired) electrons. The van der Waals surface area contributed by atoms with Crippen LogP contribution in [0.4, 0.5) is 8.78 Å². The number of sulfone groups is 1. The van der Waals surface area contributed by atoms with E-state index >= 15 is 0 Å². The molecule has 1 heterocycles. The zero-order valence-corrected chi connectivity index (χ0v) is 16.8. The minimum atomic E-state index is -3.66. The van der Waals surface area contributed by atoms with Gasteiger partial charge in [0, 0.05) is 11.6 Å². The molecule has 1 N–H and O–H groups in total. The standard InChI is InChI=1S/C21H19F2NO5S/c1-14(12-29-19-8-7-16(22)11-18(19)23)24-21(25)20-15(9-10-28-20)13-30(26,27)17-5-3-2-4-6-17/h2-11,14H,12-13H2,1H3,(H,24,25). The number of halogens is 2. The van der Waals surface area contributed by atoms with Crippen LogP contribution in [0.2, 0.25) is 0 Å². The van der Waals surface area contributed by atoms with E-state index in [0.717, 1.165) is 12.1 Å². The highest BCUT2D eigenvalue weighted by atomic mass is 32.2. The molecule has 0 aliphatic rings. The van der Waals surface area contributed by atoms with E-state index in [1.165, 1.54) is 24.5 Å². The van der Waals surface area contributed by atoms with Gasteiger partial charge in [-0.1, -0.05) is 18.2 Å². The molecule has 30 heavy (non-hydrogen) atoms. The first-order chi connectivity index (χ1) is 14.3. The third-order valence-corrected chi connectivity index (χ3v) is 5.84. The topological polar surface area (TPSA) is 85.6 Å². The summed E-state index contributed by atoms with van der Waals surface area (Å²) in [4.78, 5) is 12.6. The minimum Gasteiger partial charge on any atom is -0.488 e. The molecule has 0 saturated heterocycles. The van der Waals surface area contributed by atoms with Gasteiger partial charge in [0.05, 0.1) is 23.0 Å². The summed E-state index contributed by atoms with van der Waals surface area (Å²) < 4.78 is 62.1. The lowest BCUT2D eigenvalue weighted by molar-refractivity contribution is 0.0897. The molecule has 0 spiro atoms. The summed E-state index contributed by atoms with van der Waals surface area (Å²) in [6.07, 6.45) is 1.24. The van der Waals surface area contributed by atoms with E-state index in [4.69, 9.17) is 9.15 Å². The average Bonchev–Trinajstić information content (AvgIpc) is 3.15. The Morgan fingerprint density at radius 2 is 1.87 bits per heavy atom. The molecule has 3 rings (SSSR count). The van der Waals surface area contributed by atoms with Gasteiger partial charge in [-0.25, -0.2) is 17.2 Å². The van der Waals surface area contributed by atoms with E-state index in [2.05, 4.69) is 5.32 Å². The van der Waals surface area contributed by atoms with Crippen LogP contribution in [0.3, 0.4) is 0 Å². The first-order valence-corrected chi connectivity index (χ1v) is 10.6. The first-order valence-electron chi connectivity index (χ1n) is 8.99. The molecule has 3 aromatic rings. The van der Waals surface area contributed by atoms with Crippen LogP contribution in [-0.4, -0.2) is 27.0 Å². The lowest BCUT2D eigenvalue weighted by Crippen LogP contribution is -2.37. The molecule has 1 atom stereocenters. The Morgan fingerprint density at radius 1 is 1.13 bits per heavy atom. The van der Waals surface area contributed by atoms with Crippen LogP contribution in [0.1, 0.15) is 23.0 Å². The van der Waals surface area contributed by atoms with Crippen molar-refractivity contribution >= 4 is 15.7 Å². The van der Waals surface area contributed by atoms with Gasteiger partial charge in [0.1, 0.15) is 12.4 Å². The Labute approximate surface area is 172 Å². The summed E-state index contributed by atoms with van der Waals surface area (Å²) >= 11 is 0. The maximum absolute atomic E-state index is 13.6. The number of furan rings is 1. The number of benzene rings is 2. The molecule has 1 unspecified atom stereocenters. The van der Waals surface area contributed by atoms with Crippen molar-refractivity contribution < 1.29 is 31.1 Å². The summed E-state index contributed by atoms with van der Waals surface area (Å²) in [6.45, 7) is 1.52. The van der Waals surface area contributed by atoms with Gasteiger partial charge in [0.2, 0.25) is 0 Å². The SMILES string of the molecule is CC(COc1ccc(F)cc1F)NC(=O)c1occc1CS(=O)(=O)c1ccccc1. The predicted molar refractivity (Wildman–Crippen MR) is 105 cm³/mol. The van der Waals surface area contributed by atoms with Gasteiger partial charge in [-0.2, -0.15) is 0 Å². The van der Waals surface area contributed by atoms with Crippen LogP contribution in [0.15, 0.2) is 70.2 Å². The molecule has 0 bridgehead atoms. The summed E-state index contributed by atoms with van der Waals surface area (Å²) in [5, 5.41) is 2.60. The molecule has 9 heteroatoms. The van der Waals surface area contributed by atoms with E-state index in [9.17, 15) is 22.0 Å². The number of nitrogens with one attached hydrogen (secondary N) is 1. The first kappa shape index (κ1) is 21.5. The Balaban J connectivity index is 1.63. The van der Waals surface area contributed by atoms with Crippen LogP contribution < -0.4 is 10.1 Å². The fourth-order valence-electron chi connectivity index (χ4n) is 2.70. The lowest BCUT2D eigenvalue weighted by Gasteiger charge is -2.15. The van der Waals surface area contributed by atoms with Gasteiger partial charge in [-0.3, -0.25) is 4.79 Å². The minimum absolute atomic E-state index is 0.0906. The molecule has 6 nitrogen and oxygen atoms in total. The average molecular weight is 435 g/mol. The number of ether oxygens (including phenoxy) is 1. The Morgan fingerprint density at radius 3 is 2.57 bits per heavy atom. The molecule has 0 aliphatic heterocycles. The van der Waals surface area contributed by atoms with Crippen molar-refractivity contribution in [3.8, 4) is 5.75 Å². The zero-order chi connectivity index (χ0) is 21.7. The molecule has 1 amide bonds. The molecule has 158 valence electrons. The van der Waals surface area contributed by atoms with Gasteiger partial charge >= 0.3 is 0 Å². The largest absolute Gasteiger partial charge is 0.488 e. The van der Waals surface area contributed by atoms with Crippen molar-refractivity contribution in [1.82, 2.24) is 5.32 Å². The maximum Gasteiger partial charge on any atom is 0.287 e. The molecule has 0 saturated carbocycles. The highest BCUT2D eigenvalue weighted by Crippen LogP contribution is 2.20. The van der Waals surface area contributed by atoms with E-state index < -0.39 is 39.2 Å². The van der Waals surface area contributed by atoms with Crippen molar-refractivity contribution in [1.29, 1.82) is 0 Å². The molecular weight excluding hydrogens is 416 g/mol. The molecular formula is C21H19F2NO5S. The van der Waals surface area contributed by atoms with Crippen molar-refractivity contribution in [2.75, 3.05) is 6.61 Å². The Bertz CT molecular complexity index is 1130. The van der Waals surface area contributed by atoms with E-state index in [1.807, 2.05) is 0 Å². The van der Waals surface area contributed by atoms with Crippen LogP contribution in [0, 0.1) is 11.6 Å². The third kappa shape index (κ3) is 5.24. The van der Waals surface area contributed by atoms with Crippen LogP contribution in [0.5, 0.6) is 5.75 Å². The van der Waals surface area contributed by atoms with Gasteiger partial charge in [0.15, 0.2) is 27.2 Å². The van der Waals surface area contributed by atoms with Crippen molar-refractivity contribution in [2.24, 2.45) is 0 Å². The zero-order valence-electron chi connectivity index (χ0n) is 16.0. The van der Waals surface area contributed by atoms with E-state index in [0.29, 0.717) is 6.07 Å². The molecule has 0 fully saturated rings. The number of rotatable bonds is 8. The number of carbonyl (C=O) groups excluding carboxylic acids is 1. The van der Waals surface area contributed by atoms with Crippen LogP contribution >= 0.6 is 0 Å². The fourth-order valence-corrected chi connectivity index (χ4v) is 4.08. The number of amides is 1. The quantitative estimate of drug-likeness (QED) is 0.583. The number of carbonyl (C=O) groups is 1. The lowest BCUT2D eigenvalue weighted by atomic mass is 10.2. The second-order valence-corrected chi connectivity index (χ2v) is 8.60. The van der Waals surface area contributed by atoms with E-state index in [-0.39, 0.29) is 28.6 Å².